The molecule has 1 saturated heterocycles. The third-order valence-electron chi connectivity index (χ3n) is 6.79. The summed E-state index contributed by atoms with van der Waals surface area (Å²) in [5.41, 5.74) is 2.82. The van der Waals surface area contributed by atoms with Gasteiger partial charge in [0.05, 0.1) is 35.1 Å². The molecule has 2 amide bonds. The van der Waals surface area contributed by atoms with Crippen LogP contribution >= 0.6 is 0 Å². The molecule has 2 aromatic carbocycles. The van der Waals surface area contributed by atoms with Gasteiger partial charge in [-0.05, 0) is 54.6 Å². The number of hydrogen-bond donors (Lipinski definition) is 1. The van der Waals surface area contributed by atoms with Crippen LogP contribution in [0.25, 0.3) is 16.6 Å². The van der Waals surface area contributed by atoms with Crippen LogP contribution in [0.5, 0.6) is 0 Å². The highest BCUT2D eigenvalue weighted by Crippen LogP contribution is 2.40. The molecule has 0 aliphatic carbocycles. The van der Waals surface area contributed by atoms with Crippen LogP contribution in [0.1, 0.15) is 29.3 Å². The monoisotopic (exact) mass is 510 g/mol. The van der Waals surface area contributed by atoms with Crippen LogP contribution in [0.4, 0.5) is 10.1 Å². The summed E-state index contributed by atoms with van der Waals surface area (Å²) in [5, 5.41) is 12.8. The molecule has 1 unspecified atom stereocenters. The van der Waals surface area contributed by atoms with E-state index in [1.165, 1.54) is 24.5 Å². The molecule has 38 heavy (non-hydrogen) atoms. The zero-order valence-electron chi connectivity index (χ0n) is 20.6. The standard InChI is InChI=1S/C27H23FN8O2/c1-16-23(32-26(37)25-29-11-3-12-30-25)24(21-10-13-34(2)33-21)35(27(16)38)20-8-9-22-17(14-20)15-31-36(22)19-6-4-18(28)5-7-19/h3-16,23-24H,1-2H3,(H,32,37)/t16-,23?,24+/m0/s1. The highest BCUT2D eigenvalue weighted by atomic mass is 19.1. The lowest BCUT2D eigenvalue weighted by Crippen LogP contribution is -2.42. The van der Waals surface area contributed by atoms with Crippen LogP contribution in [0.15, 0.2) is 79.4 Å². The molecule has 1 fully saturated rings. The first kappa shape index (κ1) is 23.5. The molecule has 4 heterocycles. The molecule has 0 bridgehead atoms. The number of hydrogen-bond acceptors (Lipinski definition) is 6. The number of benzene rings is 2. The van der Waals surface area contributed by atoms with E-state index >= 15 is 0 Å². The van der Waals surface area contributed by atoms with Crippen molar-refractivity contribution < 1.29 is 14.0 Å². The summed E-state index contributed by atoms with van der Waals surface area (Å²) >= 11 is 0. The first-order valence-electron chi connectivity index (χ1n) is 12.0. The van der Waals surface area contributed by atoms with Gasteiger partial charge in [0.15, 0.2) is 0 Å². The highest BCUT2D eigenvalue weighted by molar-refractivity contribution is 6.02. The Morgan fingerprint density at radius 2 is 1.76 bits per heavy atom. The minimum Gasteiger partial charge on any atom is -0.343 e. The van der Waals surface area contributed by atoms with E-state index in [-0.39, 0.29) is 17.5 Å². The van der Waals surface area contributed by atoms with Crippen LogP contribution in [0.2, 0.25) is 0 Å². The summed E-state index contributed by atoms with van der Waals surface area (Å²) in [6, 6.07) is 14.0. The average Bonchev–Trinajstić information content (AvgIpc) is 3.62. The smallest absolute Gasteiger partial charge is 0.289 e. The second-order valence-electron chi connectivity index (χ2n) is 9.20. The Morgan fingerprint density at radius 1 is 1.03 bits per heavy atom. The van der Waals surface area contributed by atoms with Crippen LogP contribution in [-0.4, -0.2) is 47.4 Å². The number of anilines is 1. The first-order chi connectivity index (χ1) is 18.4. The fourth-order valence-corrected chi connectivity index (χ4v) is 4.93. The number of carbonyl (C=O) groups excluding carboxylic acids is 2. The highest BCUT2D eigenvalue weighted by Gasteiger charge is 2.49. The molecule has 5 aromatic rings. The Labute approximate surface area is 216 Å². The van der Waals surface area contributed by atoms with Crippen molar-refractivity contribution in [1.82, 2.24) is 34.8 Å². The molecule has 190 valence electrons. The lowest BCUT2D eigenvalue weighted by molar-refractivity contribution is -0.120. The van der Waals surface area contributed by atoms with Crippen LogP contribution in [0.3, 0.4) is 0 Å². The van der Waals surface area contributed by atoms with Crippen molar-refractivity contribution in [3.63, 3.8) is 0 Å². The molecular weight excluding hydrogens is 487 g/mol. The molecule has 1 aliphatic rings. The van der Waals surface area contributed by atoms with Crippen LogP contribution < -0.4 is 10.2 Å². The predicted octanol–water partition coefficient (Wildman–Crippen LogP) is 3.21. The van der Waals surface area contributed by atoms with Gasteiger partial charge < -0.3 is 10.2 Å². The Kier molecular flexibility index (Phi) is 5.67. The number of halogens is 1. The van der Waals surface area contributed by atoms with Gasteiger partial charge in [-0.1, -0.05) is 6.92 Å². The van der Waals surface area contributed by atoms with Gasteiger partial charge in [0.1, 0.15) is 11.9 Å². The Balaban J connectivity index is 1.39. The molecule has 3 atom stereocenters. The number of nitrogens with zero attached hydrogens (tertiary/aromatic N) is 7. The fourth-order valence-electron chi connectivity index (χ4n) is 4.93. The number of fused-ring (bicyclic) bond motifs is 1. The normalized spacial score (nSPS) is 19.3. The zero-order chi connectivity index (χ0) is 26.4. The molecule has 1 aliphatic heterocycles. The van der Waals surface area contributed by atoms with Crippen molar-refractivity contribution in [3.05, 3.63) is 96.7 Å². The Morgan fingerprint density at radius 3 is 2.47 bits per heavy atom. The number of aromatic nitrogens is 6. The van der Waals surface area contributed by atoms with Crippen LogP contribution in [-0.2, 0) is 11.8 Å². The van der Waals surface area contributed by atoms with Crippen LogP contribution in [0, 0.1) is 11.7 Å². The van der Waals surface area contributed by atoms with Crippen molar-refractivity contribution in [3.8, 4) is 5.69 Å². The molecular formula is C27H23FN8O2. The van der Waals surface area contributed by atoms with Gasteiger partial charge in [-0.2, -0.15) is 10.2 Å². The van der Waals surface area contributed by atoms with E-state index in [2.05, 4.69) is 25.5 Å². The first-order valence-corrected chi connectivity index (χ1v) is 12.0. The van der Waals surface area contributed by atoms with Gasteiger partial charge in [0, 0.05) is 36.7 Å². The molecule has 11 heteroatoms. The van der Waals surface area contributed by atoms with Gasteiger partial charge >= 0.3 is 0 Å². The number of rotatable bonds is 5. The minimum atomic E-state index is -0.577. The molecule has 3 aromatic heterocycles. The van der Waals surface area contributed by atoms with Crippen molar-refractivity contribution >= 4 is 28.4 Å². The molecule has 10 nitrogen and oxygen atoms in total. The molecule has 0 radical (unpaired) electrons. The van der Waals surface area contributed by atoms with E-state index in [4.69, 9.17) is 0 Å². The van der Waals surface area contributed by atoms with Crippen molar-refractivity contribution in [2.75, 3.05) is 4.90 Å². The summed E-state index contributed by atoms with van der Waals surface area (Å²) in [6.07, 6.45) is 6.49. The quantitative estimate of drug-likeness (QED) is 0.389. The number of carbonyl (C=O) groups is 2. The van der Waals surface area contributed by atoms with E-state index in [1.54, 1.807) is 58.8 Å². The van der Waals surface area contributed by atoms with Gasteiger partial charge in [-0.3, -0.25) is 14.3 Å². The number of aryl methyl sites for hydroxylation is 1. The van der Waals surface area contributed by atoms with Crippen molar-refractivity contribution in [2.24, 2.45) is 13.0 Å². The largest absolute Gasteiger partial charge is 0.343 e. The van der Waals surface area contributed by atoms with E-state index in [9.17, 15) is 14.0 Å². The maximum absolute atomic E-state index is 13.7. The molecule has 0 spiro atoms. The second-order valence-corrected chi connectivity index (χ2v) is 9.20. The minimum absolute atomic E-state index is 0.0278. The summed E-state index contributed by atoms with van der Waals surface area (Å²) < 4.78 is 16.8. The van der Waals surface area contributed by atoms with E-state index in [0.29, 0.717) is 11.4 Å². The summed E-state index contributed by atoms with van der Waals surface area (Å²) in [6.45, 7) is 1.79. The Hall–Kier alpha value is -4.93. The van der Waals surface area contributed by atoms with Gasteiger partial charge in [-0.15, -0.1) is 0 Å². The zero-order valence-corrected chi connectivity index (χ0v) is 20.6. The lowest BCUT2D eigenvalue weighted by Gasteiger charge is -2.27. The van der Waals surface area contributed by atoms with Crippen molar-refractivity contribution in [2.45, 2.75) is 19.0 Å². The third kappa shape index (κ3) is 3.97. The molecule has 6 rings (SSSR count). The topological polar surface area (TPSA) is 111 Å². The van der Waals surface area contributed by atoms with E-state index in [1.807, 2.05) is 24.3 Å². The third-order valence-corrected chi connectivity index (χ3v) is 6.79. The lowest BCUT2D eigenvalue weighted by atomic mass is 9.97. The van der Waals surface area contributed by atoms with Gasteiger partial charge in [-0.25, -0.2) is 19.0 Å². The second kappa shape index (κ2) is 9.18. The Bertz CT molecular complexity index is 1650. The van der Waals surface area contributed by atoms with E-state index < -0.39 is 23.9 Å². The van der Waals surface area contributed by atoms with E-state index in [0.717, 1.165) is 16.6 Å². The average molecular weight is 511 g/mol. The van der Waals surface area contributed by atoms with Gasteiger partial charge in [0.2, 0.25) is 11.7 Å². The summed E-state index contributed by atoms with van der Waals surface area (Å²) in [7, 11) is 1.80. The van der Waals surface area contributed by atoms with Gasteiger partial charge in [0.25, 0.3) is 5.91 Å². The predicted molar refractivity (Wildman–Crippen MR) is 137 cm³/mol. The molecule has 0 saturated carbocycles. The SMILES string of the molecule is C[C@@H]1C(=O)N(c2ccc3c(cnn3-c3ccc(F)cc3)c2)[C@H](c2ccn(C)n2)C1NC(=O)c1ncccn1. The fraction of sp³-hybridized carbons (Fsp3) is 0.185. The summed E-state index contributed by atoms with van der Waals surface area (Å²) in [4.78, 5) is 36.4. The maximum atomic E-state index is 13.7. The maximum Gasteiger partial charge on any atom is 0.289 e. The number of nitrogens with one attached hydrogen (secondary N) is 1. The molecule has 1 N–H and O–H groups in total. The van der Waals surface area contributed by atoms with Crippen molar-refractivity contribution in [1.29, 1.82) is 0 Å². The summed E-state index contributed by atoms with van der Waals surface area (Å²) in [5.74, 6) is -1.44. The number of amides is 2.